The lowest BCUT2D eigenvalue weighted by atomic mass is 9.78. The van der Waals surface area contributed by atoms with E-state index in [2.05, 4.69) is 29.4 Å². The van der Waals surface area contributed by atoms with Crippen molar-refractivity contribution >= 4 is 17.7 Å². The van der Waals surface area contributed by atoms with Gasteiger partial charge in [-0.25, -0.2) is 0 Å². The van der Waals surface area contributed by atoms with Gasteiger partial charge >= 0.3 is 0 Å². The predicted octanol–water partition coefficient (Wildman–Crippen LogP) is 4.47. The topological polar surface area (TPSA) is 68.0 Å². The minimum absolute atomic E-state index is 0.0382. The Balaban J connectivity index is 1.59. The summed E-state index contributed by atoms with van der Waals surface area (Å²) >= 11 is 1.31. The van der Waals surface area contributed by atoms with Crippen molar-refractivity contribution in [3.63, 3.8) is 0 Å². The van der Waals surface area contributed by atoms with Gasteiger partial charge in [-0.1, -0.05) is 56.1 Å². The number of rotatable bonds is 5. The summed E-state index contributed by atoms with van der Waals surface area (Å²) in [6.45, 7) is 8.41. The average Bonchev–Trinajstić information content (AvgIpc) is 3.07. The number of nitrogens with one attached hydrogen (secondary N) is 1. The molecule has 4 atom stereocenters. The van der Waals surface area contributed by atoms with Gasteiger partial charge in [-0.3, -0.25) is 4.79 Å². The van der Waals surface area contributed by atoms with Gasteiger partial charge in [0.05, 0.1) is 5.25 Å². The number of hydrogen-bond donors (Lipinski definition) is 1. The lowest BCUT2D eigenvalue weighted by Gasteiger charge is -2.35. The Kier molecular flexibility index (Phi) is 6.01. The van der Waals surface area contributed by atoms with Gasteiger partial charge in [-0.2, -0.15) is 0 Å². The van der Waals surface area contributed by atoms with E-state index >= 15 is 0 Å². The van der Waals surface area contributed by atoms with Crippen LogP contribution in [-0.2, 0) is 4.79 Å². The summed E-state index contributed by atoms with van der Waals surface area (Å²) in [7, 11) is 0. The van der Waals surface area contributed by atoms with Crippen LogP contribution < -0.4 is 5.32 Å². The number of carbonyl (C=O) groups excluding carboxylic acids is 1. The van der Waals surface area contributed by atoms with Crippen molar-refractivity contribution in [2.24, 2.45) is 11.8 Å². The summed E-state index contributed by atoms with van der Waals surface area (Å²) in [4.78, 5) is 12.6. The summed E-state index contributed by atoms with van der Waals surface area (Å²) in [5, 5.41) is 11.6. The number of aromatic nitrogens is 2. The van der Waals surface area contributed by atoms with E-state index in [0.717, 1.165) is 17.5 Å². The Morgan fingerprint density at radius 3 is 2.88 bits per heavy atom. The Morgan fingerprint density at radius 1 is 1.31 bits per heavy atom. The second-order valence-corrected chi connectivity index (χ2v) is 8.68. The molecule has 0 bridgehead atoms. The first kappa shape index (κ1) is 19.0. The summed E-state index contributed by atoms with van der Waals surface area (Å²) in [5.41, 5.74) is 2.03. The van der Waals surface area contributed by atoms with Crippen molar-refractivity contribution in [2.45, 2.75) is 63.5 Å². The molecule has 6 heteroatoms. The summed E-state index contributed by atoms with van der Waals surface area (Å²) in [6, 6.07) is 8.19. The van der Waals surface area contributed by atoms with Crippen LogP contribution in [0.1, 0.15) is 45.6 Å². The van der Waals surface area contributed by atoms with Gasteiger partial charge in [-0.15, -0.1) is 10.2 Å². The fourth-order valence-electron chi connectivity index (χ4n) is 3.44. The molecule has 0 aliphatic heterocycles. The van der Waals surface area contributed by atoms with Crippen molar-refractivity contribution in [2.75, 3.05) is 0 Å². The van der Waals surface area contributed by atoms with Gasteiger partial charge in [0.2, 0.25) is 11.8 Å². The number of carbonyl (C=O) groups is 1. The number of amides is 1. The smallest absolute Gasteiger partial charge is 0.277 e. The first-order valence-electron chi connectivity index (χ1n) is 9.31. The Labute approximate surface area is 159 Å². The van der Waals surface area contributed by atoms with Crippen LogP contribution in [0.5, 0.6) is 0 Å². The van der Waals surface area contributed by atoms with Gasteiger partial charge in [0, 0.05) is 11.6 Å². The zero-order valence-corrected chi connectivity index (χ0v) is 16.7. The molecule has 1 saturated carbocycles. The molecular weight excluding hydrogens is 346 g/mol. The first-order chi connectivity index (χ1) is 12.4. The van der Waals surface area contributed by atoms with E-state index in [0.29, 0.717) is 22.9 Å². The van der Waals surface area contributed by atoms with Crippen molar-refractivity contribution < 1.29 is 9.21 Å². The fraction of sp³-hybridized carbons (Fsp3) is 0.550. The lowest BCUT2D eigenvalue weighted by Crippen LogP contribution is -2.46. The molecule has 1 heterocycles. The number of thioether (sulfide) groups is 1. The highest BCUT2D eigenvalue weighted by Crippen LogP contribution is 2.31. The predicted molar refractivity (Wildman–Crippen MR) is 104 cm³/mol. The summed E-state index contributed by atoms with van der Waals surface area (Å²) < 4.78 is 5.73. The first-order valence-corrected chi connectivity index (χ1v) is 10.2. The van der Waals surface area contributed by atoms with Crippen LogP contribution in [0.3, 0.4) is 0 Å². The third-order valence-electron chi connectivity index (χ3n) is 5.35. The van der Waals surface area contributed by atoms with Crippen molar-refractivity contribution in [1.29, 1.82) is 0 Å². The molecule has 0 saturated heterocycles. The van der Waals surface area contributed by atoms with Crippen molar-refractivity contribution in [3.8, 4) is 11.5 Å². The second kappa shape index (κ2) is 8.25. The van der Waals surface area contributed by atoms with Crippen LogP contribution in [0, 0.1) is 18.8 Å². The van der Waals surface area contributed by atoms with Gasteiger partial charge < -0.3 is 9.73 Å². The molecule has 1 N–H and O–H groups in total. The van der Waals surface area contributed by atoms with Crippen molar-refractivity contribution in [1.82, 2.24) is 15.5 Å². The number of aryl methyl sites for hydroxylation is 1. The molecule has 2 aromatic rings. The van der Waals surface area contributed by atoms with Crippen molar-refractivity contribution in [3.05, 3.63) is 29.8 Å². The zero-order valence-electron chi connectivity index (χ0n) is 15.9. The molecule has 1 aliphatic rings. The SMILES string of the molecule is Cc1cccc(-c2nnc(S[C@H](C)C(=O)N[C@@H]3CCC[C@H](C)[C@@H]3C)o2)c1. The van der Waals surface area contributed by atoms with Crippen LogP contribution in [-0.4, -0.2) is 27.4 Å². The van der Waals surface area contributed by atoms with E-state index in [-0.39, 0.29) is 17.2 Å². The standard InChI is InChI=1S/C20H27N3O2S/c1-12-7-5-9-16(11-12)19-22-23-20(25-19)26-15(4)18(24)21-17-10-6-8-13(2)14(17)3/h5,7,9,11,13-15,17H,6,8,10H2,1-4H3,(H,21,24)/t13-,14-,15+,17+/m0/s1. The highest BCUT2D eigenvalue weighted by atomic mass is 32.2. The van der Waals surface area contributed by atoms with E-state index < -0.39 is 0 Å². The van der Waals surface area contributed by atoms with E-state index in [1.165, 1.54) is 24.6 Å². The molecule has 1 aromatic heterocycles. The summed E-state index contributed by atoms with van der Waals surface area (Å²) in [5.74, 6) is 1.70. The number of nitrogens with zero attached hydrogens (tertiary/aromatic N) is 2. The Bertz CT molecular complexity index is 761. The minimum atomic E-state index is -0.273. The molecule has 26 heavy (non-hydrogen) atoms. The normalized spacial score (nSPS) is 24.2. The fourth-order valence-corrected chi connectivity index (χ4v) is 4.14. The van der Waals surface area contributed by atoms with Crippen LogP contribution >= 0.6 is 11.8 Å². The Morgan fingerprint density at radius 2 is 2.12 bits per heavy atom. The molecule has 1 amide bonds. The monoisotopic (exact) mass is 373 g/mol. The molecule has 0 radical (unpaired) electrons. The Hall–Kier alpha value is -1.82. The highest BCUT2D eigenvalue weighted by Gasteiger charge is 2.29. The van der Waals surface area contributed by atoms with Crippen LogP contribution in [0.2, 0.25) is 0 Å². The number of hydrogen-bond acceptors (Lipinski definition) is 5. The third-order valence-corrected chi connectivity index (χ3v) is 6.29. The molecule has 1 aromatic carbocycles. The van der Waals surface area contributed by atoms with Gasteiger partial charge in [0.1, 0.15) is 0 Å². The van der Waals surface area contributed by atoms with E-state index in [1.807, 2.05) is 38.1 Å². The largest absolute Gasteiger partial charge is 0.411 e. The molecule has 5 nitrogen and oxygen atoms in total. The highest BCUT2D eigenvalue weighted by molar-refractivity contribution is 8.00. The van der Waals surface area contributed by atoms with Crippen LogP contribution in [0.15, 0.2) is 33.9 Å². The maximum Gasteiger partial charge on any atom is 0.277 e. The minimum Gasteiger partial charge on any atom is -0.411 e. The zero-order chi connectivity index (χ0) is 18.7. The lowest BCUT2D eigenvalue weighted by molar-refractivity contribution is -0.121. The van der Waals surface area contributed by atoms with E-state index in [9.17, 15) is 4.79 Å². The second-order valence-electron chi connectivity index (χ2n) is 7.39. The van der Waals surface area contributed by atoms with Gasteiger partial charge in [0.15, 0.2) is 0 Å². The maximum atomic E-state index is 12.6. The molecule has 0 spiro atoms. The van der Waals surface area contributed by atoms with Gasteiger partial charge in [0.25, 0.3) is 5.22 Å². The number of benzene rings is 1. The molecule has 0 unspecified atom stereocenters. The molecular formula is C20H27N3O2S. The van der Waals surface area contributed by atoms with Gasteiger partial charge in [-0.05, 0) is 44.2 Å². The van der Waals surface area contributed by atoms with Crippen LogP contribution in [0.25, 0.3) is 11.5 Å². The van der Waals surface area contributed by atoms with Crippen LogP contribution in [0.4, 0.5) is 0 Å². The maximum absolute atomic E-state index is 12.6. The third kappa shape index (κ3) is 4.47. The average molecular weight is 374 g/mol. The molecule has 1 aliphatic carbocycles. The molecule has 1 fully saturated rings. The molecule has 140 valence electrons. The quantitative estimate of drug-likeness (QED) is 0.783. The van der Waals surface area contributed by atoms with E-state index in [1.54, 1.807) is 0 Å². The van der Waals surface area contributed by atoms with E-state index in [4.69, 9.17) is 4.42 Å². The molecule has 3 rings (SSSR count). The summed E-state index contributed by atoms with van der Waals surface area (Å²) in [6.07, 6.45) is 3.50.